The summed E-state index contributed by atoms with van der Waals surface area (Å²) in [6, 6.07) is 5.14. The Hall–Kier alpha value is -2.32. The smallest absolute Gasteiger partial charge is 0.333 e. The van der Waals surface area contributed by atoms with Crippen molar-refractivity contribution in [1.82, 2.24) is 0 Å². The van der Waals surface area contributed by atoms with Gasteiger partial charge in [0.25, 0.3) is 0 Å². The molecule has 0 N–H and O–H groups in total. The van der Waals surface area contributed by atoms with Crippen molar-refractivity contribution in [1.29, 1.82) is 0 Å². The van der Waals surface area contributed by atoms with Gasteiger partial charge in [-0.25, -0.2) is 13.6 Å². The SMILES string of the molecule is CCOC(=O)C(C)=CC1=CC(F)=C(Oc2ccc(S(=O)[O-])cc2)C(F)C1. The van der Waals surface area contributed by atoms with Gasteiger partial charge >= 0.3 is 5.97 Å². The van der Waals surface area contributed by atoms with Gasteiger partial charge in [0.15, 0.2) is 17.8 Å². The van der Waals surface area contributed by atoms with E-state index in [1.54, 1.807) is 6.92 Å². The molecule has 2 atom stereocenters. The number of ether oxygens (including phenoxy) is 2. The lowest BCUT2D eigenvalue weighted by Crippen LogP contribution is -2.17. The molecule has 0 saturated heterocycles. The van der Waals surface area contributed by atoms with E-state index in [9.17, 15) is 22.3 Å². The van der Waals surface area contributed by atoms with E-state index < -0.39 is 34.8 Å². The minimum atomic E-state index is -2.39. The van der Waals surface area contributed by atoms with E-state index in [0.29, 0.717) is 5.57 Å². The first-order valence-electron chi connectivity index (χ1n) is 7.78. The molecule has 0 aliphatic heterocycles. The molecule has 26 heavy (non-hydrogen) atoms. The molecule has 0 spiro atoms. The average Bonchev–Trinajstić information content (AvgIpc) is 2.58. The summed E-state index contributed by atoms with van der Waals surface area (Å²) >= 11 is -2.39. The van der Waals surface area contributed by atoms with Crippen molar-refractivity contribution in [2.45, 2.75) is 31.3 Å². The van der Waals surface area contributed by atoms with Gasteiger partial charge in [0.1, 0.15) is 5.75 Å². The molecule has 0 radical (unpaired) electrons. The van der Waals surface area contributed by atoms with Gasteiger partial charge in [-0.15, -0.1) is 0 Å². The number of hydrogen-bond donors (Lipinski definition) is 0. The first kappa shape index (κ1) is 20.0. The van der Waals surface area contributed by atoms with E-state index in [4.69, 9.17) is 9.47 Å². The number of allylic oxidation sites excluding steroid dienone is 5. The zero-order valence-electron chi connectivity index (χ0n) is 14.2. The van der Waals surface area contributed by atoms with E-state index in [0.717, 1.165) is 6.08 Å². The van der Waals surface area contributed by atoms with Crippen LogP contribution in [0.1, 0.15) is 20.3 Å². The predicted octanol–water partition coefficient (Wildman–Crippen LogP) is 3.66. The van der Waals surface area contributed by atoms with Crippen LogP contribution in [0.5, 0.6) is 5.75 Å². The lowest BCUT2D eigenvalue weighted by Gasteiger charge is -2.19. The zero-order chi connectivity index (χ0) is 19.3. The highest BCUT2D eigenvalue weighted by molar-refractivity contribution is 7.79. The van der Waals surface area contributed by atoms with Gasteiger partial charge in [-0.2, -0.15) is 0 Å². The topological polar surface area (TPSA) is 75.7 Å². The molecule has 0 fully saturated rings. The van der Waals surface area contributed by atoms with Gasteiger partial charge in [-0.3, -0.25) is 4.21 Å². The molecule has 0 aromatic heterocycles. The second kappa shape index (κ2) is 8.86. The van der Waals surface area contributed by atoms with Gasteiger partial charge in [-0.05, 0) is 66.9 Å². The van der Waals surface area contributed by atoms with Crippen LogP contribution in [0.25, 0.3) is 0 Å². The summed E-state index contributed by atoms with van der Waals surface area (Å²) in [7, 11) is 0. The number of carbonyl (C=O) groups is 1. The number of carbonyl (C=O) groups excluding carboxylic acids is 1. The van der Waals surface area contributed by atoms with Crippen molar-refractivity contribution < 1.29 is 31.8 Å². The van der Waals surface area contributed by atoms with E-state index in [2.05, 4.69) is 0 Å². The molecule has 0 bridgehead atoms. The van der Waals surface area contributed by atoms with Crippen LogP contribution in [0.15, 0.2) is 64.0 Å². The van der Waals surface area contributed by atoms with Crippen LogP contribution < -0.4 is 4.74 Å². The Kier molecular flexibility index (Phi) is 6.82. The van der Waals surface area contributed by atoms with Crippen molar-refractivity contribution in [2.75, 3.05) is 6.61 Å². The molecular weight excluding hydrogens is 366 g/mol. The molecule has 8 heteroatoms. The van der Waals surface area contributed by atoms with E-state index in [1.807, 2.05) is 0 Å². The van der Waals surface area contributed by atoms with Gasteiger partial charge in [0, 0.05) is 16.9 Å². The zero-order valence-corrected chi connectivity index (χ0v) is 15.0. The molecule has 1 aliphatic rings. The third-order valence-electron chi connectivity index (χ3n) is 3.49. The predicted molar refractivity (Wildman–Crippen MR) is 90.4 cm³/mol. The maximum absolute atomic E-state index is 14.3. The molecule has 1 aromatic carbocycles. The normalized spacial score (nSPS) is 19.0. The van der Waals surface area contributed by atoms with Crippen molar-refractivity contribution in [3.05, 3.63) is 59.1 Å². The third kappa shape index (κ3) is 5.09. The lowest BCUT2D eigenvalue weighted by molar-refractivity contribution is -0.138. The first-order valence-corrected chi connectivity index (χ1v) is 8.86. The third-order valence-corrected chi connectivity index (χ3v) is 4.15. The van der Waals surface area contributed by atoms with E-state index in [-0.39, 0.29) is 29.2 Å². The summed E-state index contributed by atoms with van der Waals surface area (Å²) < 4.78 is 60.2. The number of hydrogen-bond acceptors (Lipinski definition) is 5. The summed E-state index contributed by atoms with van der Waals surface area (Å²) in [5, 5.41) is 0. The highest BCUT2D eigenvalue weighted by atomic mass is 32.2. The highest BCUT2D eigenvalue weighted by Gasteiger charge is 2.26. The van der Waals surface area contributed by atoms with Crippen LogP contribution in [0.4, 0.5) is 8.78 Å². The molecular formula is C18H17F2O5S-. The average molecular weight is 383 g/mol. The maximum atomic E-state index is 14.3. The summed E-state index contributed by atoms with van der Waals surface area (Å²) in [5.41, 5.74) is 0.536. The molecule has 0 amide bonds. The summed E-state index contributed by atoms with van der Waals surface area (Å²) in [6.07, 6.45) is 0.561. The van der Waals surface area contributed by atoms with Gasteiger partial charge in [-0.1, -0.05) is 0 Å². The lowest BCUT2D eigenvalue weighted by atomic mass is 9.99. The number of rotatable bonds is 6. The molecule has 2 unspecified atom stereocenters. The molecule has 0 saturated carbocycles. The monoisotopic (exact) mass is 383 g/mol. The number of esters is 1. The molecule has 1 aliphatic carbocycles. The maximum Gasteiger partial charge on any atom is 0.333 e. The van der Waals surface area contributed by atoms with Gasteiger partial charge < -0.3 is 14.0 Å². The van der Waals surface area contributed by atoms with Crippen LogP contribution in [0.3, 0.4) is 0 Å². The Bertz CT molecular complexity index is 796. The van der Waals surface area contributed by atoms with Gasteiger partial charge in [0.2, 0.25) is 0 Å². The van der Waals surface area contributed by atoms with Crippen LogP contribution in [-0.2, 0) is 20.6 Å². The Morgan fingerprint density at radius 1 is 1.38 bits per heavy atom. The van der Waals surface area contributed by atoms with Crippen LogP contribution in [0, 0.1) is 0 Å². The molecule has 140 valence electrons. The van der Waals surface area contributed by atoms with Crippen LogP contribution >= 0.6 is 0 Å². The second-order valence-corrected chi connectivity index (χ2v) is 6.40. The quantitative estimate of drug-likeness (QED) is 0.426. The second-order valence-electron chi connectivity index (χ2n) is 5.46. The fraction of sp³-hybridized carbons (Fsp3) is 0.278. The van der Waals surface area contributed by atoms with E-state index in [1.165, 1.54) is 37.3 Å². The standard InChI is InChI=1S/C18H18F2O5S/c1-3-24-18(21)11(2)8-12-9-15(19)17(16(20)10-12)25-13-4-6-14(7-5-13)26(22)23/h4-9,16H,3,10H2,1-2H3,(H,22,23)/p-1. The van der Waals surface area contributed by atoms with Crippen molar-refractivity contribution in [3.63, 3.8) is 0 Å². The molecule has 1 aromatic rings. The minimum absolute atomic E-state index is 0.0361. The minimum Gasteiger partial charge on any atom is -0.768 e. The first-order chi connectivity index (χ1) is 12.3. The van der Waals surface area contributed by atoms with Crippen molar-refractivity contribution in [2.24, 2.45) is 0 Å². The Balaban J connectivity index is 2.19. The van der Waals surface area contributed by atoms with Gasteiger partial charge in [0.05, 0.1) is 6.61 Å². The highest BCUT2D eigenvalue weighted by Crippen LogP contribution is 2.31. The van der Waals surface area contributed by atoms with Crippen molar-refractivity contribution in [3.8, 4) is 5.75 Å². The number of halogens is 2. The van der Waals surface area contributed by atoms with E-state index >= 15 is 0 Å². The summed E-state index contributed by atoms with van der Waals surface area (Å²) in [6.45, 7) is 3.37. The fourth-order valence-corrected chi connectivity index (χ4v) is 2.64. The van der Waals surface area contributed by atoms with Crippen LogP contribution in [0.2, 0.25) is 0 Å². The number of alkyl halides is 1. The molecule has 0 heterocycles. The summed E-state index contributed by atoms with van der Waals surface area (Å²) in [4.78, 5) is 11.6. The fourth-order valence-electron chi connectivity index (χ4n) is 2.28. The molecule has 2 rings (SSSR count). The molecule has 5 nitrogen and oxygen atoms in total. The van der Waals surface area contributed by atoms with Crippen LogP contribution in [-0.4, -0.2) is 27.5 Å². The summed E-state index contributed by atoms with van der Waals surface area (Å²) in [5.74, 6) is -1.83. The number of benzene rings is 1. The van der Waals surface area contributed by atoms with Crippen molar-refractivity contribution >= 4 is 17.0 Å². The Morgan fingerprint density at radius 3 is 2.58 bits per heavy atom. The largest absolute Gasteiger partial charge is 0.768 e. The Labute approximate surface area is 152 Å². The Morgan fingerprint density at radius 2 is 2.04 bits per heavy atom.